The normalized spacial score (nSPS) is 9.85. The number of halogens is 1. The number of hydrogen-bond donors (Lipinski definition) is 1. The summed E-state index contributed by atoms with van der Waals surface area (Å²) < 4.78 is 6.45. The minimum absolute atomic E-state index is 0.542. The molecule has 0 aliphatic rings. The first-order valence-electron chi connectivity index (χ1n) is 6.32. The number of aryl methyl sites for hydroxylation is 1. The highest BCUT2D eigenvalue weighted by molar-refractivity contribution is 9.10. The van der Waals surface area contributed by atoms with Crippen molar-refractivity contribution >= 4 is 21.6 Å². The summed E-state index contributed by atoms with van der Waals surface area (Å²) in [4.78, 5) is 0. The van der Waals surface area contributed by atoms with Crippen LogP contribution in [0.5, 0.6) is 5.75 Å². The second-order valence-corrected chi connectivity index (χ2v) is 5.22. The van der Waals surface area contributed by atoms with Gasteiger partial charge in [-0.1, -0.05) is 18.2 Å². The molecular formula is C16H15BrN2O. The average molecular weight is 331 g/mol. The van der Waals surface area contributed by atoms with Crippen LogP contribution in [0.2, 0.25) is 0 Å². The monoisotopic (exact) mass is 330 g/mol. The molecule has 0 heterocycles. The molecule has 0 aromatic heterocycles. The molecule has 0 saturated heterocycles. The fourth-order valence-electron chi connectivity index (χ4n) is 1.84. The second-order valence-electron chi connectivity index (χ2n) is 4.37. The van der Waals surface area contributed by atoms with Crippen molar-refractivity contribution in [3.05, 3.63) is 58.1 Å². The largest absolute Gasteiger partial charge is 0.492 e. The van der Waals surface area contributed by atoms with E-state index in [1.807, 2.05) is 49.4 Å². The quantitative estimate of drug-likeness (QED) is 0.838. The van der Waals surface area contributed by atoms with E-state index in [-0.39, 0.29) is 0 Å². The van der Waals surface area contributed by atoms with E-state index in [0.29, 0.717) is 18.7 Å². The maximum Gasteiger partial charge on any atom is 0.119 e. The number of hydrogen-bond acceptors (Lipinski definition) is 3. The molecule has 102 valence electrons. The van der Waals surface area contributed by atoms with Gasteiger partial charge < -0.3 is 10.1 Å². The van der Waals surface area contributed by atoms with Crippen LogP contribution in [0.4, 0.5) is 5.69 Å². The van der Waals surface area contributed by atoms with Crippen LogP contribution in [0.3, 0.4) is 0 Å². The molecule has 0 bridgehead atoms. The van der Waals surface area contributed by atoms with Crippen LogP contribution in [0, 0.1) is 18.3 Å². The van der Waals surface area contributed by atoms with Gasteiger partial charge in [-0.15, -0.1) is 0 Å². The van der Waals surface area contributed by atoms with Crippen molar-refractivity contribution in [2.24, 2.45) is 0 Å². The molecule has 20 heavy (non-hydrogen) atoms. The number of nitrogens with one attached hydrogen (secondary N) is 1. The maximum atomic E-state index is 9.11. The van der Waals surface area contributed by atoms with E-state index in [9.17, 15) is 0 Å². The Hall–Kier alpha value is -1.99. The maximum absolute atomic E-state index is 9.11. The van der Waals surface area contributed by atoms with E-state index in [1.165, 1.54) is 5.56 Å². The Balaban J connectivity index is 1.88. The zero-order valence-electron chi connectivity index (χ0n) is 11.2. The van der Waals surface area contributed by atoms with Gasteiger partial charge in [-0.25, -0.2) is 0 Å². The topological polar surface area (TPSA) is 45.0 Å². The predicted octanol–water partition coefficient (Wildman–Crippen LogP) is 4.12. The second kappa shape index (κ2) is 6.97. The van der Waals surface area contributed by atoms with Crippen molar-refractivity contribution in [1.82, 2.24) is 0 Å². The third-order valence-corrected chi connectivity index (χ3v) is 3.46. The highest BCUT2D eigenvalue weighted by Crippen LogP contribution is 2.23. The molecule has 4 heteroatoms. The molecule has 0 unspecified atom stereocenters. The Bertz CT molecular complexity index is 635. The van der Waals surface area contributed by atoms with Gasteiger partial charge in [-0.05, 0) is 52.7 Å². The summed E-state index contributed by atoms with van der Waals surface area (Å²) in [6, 6.07) is 15.8. The summed E-state index contributed by atoms with van der Waals surface area (Å²) in [5.74, 6) is 0.863. The van der Waals surface area contributed by atoms with Gasteiger partial charge in [0.25, 0.3) is 0 Å². The van der Waals surface area contributed by atoms with Gasteiger partial charge in [0.05, 0.1) is 11.3 Å². The Morgan fingerprint density at radius 1 is 1.25 bits per heavy atom. The Labute approximate surface area is 127 Å². The van der Waals surface area contributed by atoms with Crippen LogP contribution in [0.25, 0.3) is 0 Å². The molecule has 2 aromatic rings. The number of ether oxygens (including phenoxy) is 1. The van der Waals surface area contributed by atoms with Gasteiger partial charge in [0.1, 0.15) is 18.4 Å². The summed E-state index contributed by atoms with van der Waals surface area (Å²) in [7, 11) is 0. The van der Waals surface area contributed by atoms with E-state index in [0.717, 1.165) is 15.9 Å². The van der Waals surface area contributed by atoms with Crippen LogP contribution in [-0.2, 0) is 0 Å². The zero-order valence-corrected chi connectivity index (χ0v) is 12.8. The van der Waals surface area contributed by atoms with E-state index in [1.54, 1.807) is 0 Å². The molecule has 2 aromatic carbocycles. The van der Waals surface area contributed by atoms with Crippen molar-refractivity contribution in [3.63, 3.8) is 0 Å². The zero-order chi connectivity index (χ0) is 14.4. The number of nitriles is 1. The fourth-order valence-corrected chi connectivity index (χ4v) is 2.30. The molecule has 3 nitrogen and oxygen atoms in total. The molecule has 2 rings (SSSR count). The Kier molecular flexibility index (Phi) is 5.03. The lowest BCUT2D eigenvalue weighted by atomic mass is 10.2. The number of nitrogens with zero attached hydrogens (tertiary/aromatic N) is 1. The molecule has 0 atom stereocenters. The first-order chi connectivity index (χ1) is 9.70. The van der Waals surface area contributed by atoms with Crippen molar-refractivity contribution < 1.29 is 4.74 Å². The van der Waals surface area contributed by atoms with Gasteiger partial charge in [0.15, 0.2) is 0 Å². The minimum atomic E-state index is 0.542. The number of anilines is 1. The van der Waals surface area contributed by atoms with Crippen LogP contribution in [0.15, 0.2) is 46.9 Å². The number of rotatable bonds is 5. The van der Waals surface area contributed by atoms with Gasteiger partial charge in [-0.3, -0.25) is 0 Å². The molecular weight excluding hydrogens is 316 g/mol. The summed E-state index contributed by atoms with van der Waals surface area (Å²) in [6.07, 6.45) is 0. The lowest BCUT2D eigenvalue weighted by molar-refractivity contribution is 0.332. The Morgan fingerprint density at radius 3 is 2.80 bits per heavy atom. The summed E-state index contributed by atoms with van der Waals surface area (Å²) in [5, 5.41) is 12.3. The molecule has 0 saturated carbocycles. The highest BCUT2D eigenvalue weighted by Gasteiger charge is 2.04. The number of benzene rings is 2. The van der Waals surface area contributed by atoms with Crippen LogP contribution >= 0.6 is 15.9 Å². The molecule has 0 radical (unpaired) electrons. The molecule has 0 amide bonds. The lowest BCUT2D eigenvalue weighted by Gasteiger charge is -2.10. The van der Waals surface area contributed by atoms with Crippen molar-refractivity contribution in [2.75, 3.05) is 18.5 Å². The smallest absolute Gasteiger partial charge is 0.119 e. The fraction of sp³-hybridized carbons (Fsp3) is 0.188. The highest BCUT2D eigenvalue weighted by atomic mass is 79.9. The first kappa shape index (κ1) is 14.4. The van der Waals surface area contributed by atoms with E-state index >= 15 is 0 Å². The molecule has 0 aliphatic carbocycles. The van der Waals surface area contributed by atoms with Gasteiger partial charge in [-0.2, -0.15) is 5.26 Å². The van der Waals surface area contributed by atoms with Crippen molar-refractivity contribution in [1.29, 1.82) is 5.26 Å². The molecule has 0 aliphatic heterocycles. The molecule has 1 N–H and O–H groups in total. The van der Waals surface area contributed by atoms with Crippen molar-refractivity contribution in [3.8, 4) is 11.8 Å². The van der Waals surface area contributed by atoms with Gasteiger partial charge in [0.2, 0.25) is 0 Å². The first-order valence-corrected chi connectivity index (χ1v) is 7.12. The van der Waals surface area contributed by atoms with Gasteiger partial charge in [0, 0.05) is 11.0 Å². The Morgan fingerprint density at radius 2 is 2.05 bits per heavy atom. The summed E-state index contributed by atoms with van der Waals surface area (Å²) >= 11 is 3.37. The SMILES string of the molecule is Cc1cccc(OCCNc2cccc(Br)c2C#N)c1. The summed E-state index contributed by atoms with van der Waals surface area (Å²) in [6.45, 7) is 3.21. The van der Waals surface area contributed by atoms with E-state index < -0.39 is 0 Å². The third-order valence-electron chi connectivity index (χ3n) is 2.80. The minimum Gasteiger partial charge on any atom is -0.492 e. The molecule has 0 fully saturated rings. The molecule has 0 spiro atoms. The average Bonchev–Trinajstić information content (AvgIpc) is 2.44. The van der Waals surface area contributed by atoms with Gasteiger partial charge >= 0.3 is 0 Å². The summed E-state index contributed by atoms with van der Waals surface area (Å²) in [5.41, 5.74) is 2.60. The lowest BCUT2D eigenvalue weighted by Crippen LogP contribution is -2.12. The standard InChI is InChI=1S/C16H15BrN2O/c1-12-4-2-5-13(10-12)20-9-8-19-16-7-3-6-15(17)14(16)11-18/h2-7,10,19H,8-9H2,1H3. The van der Waals surface area contributed by atoms with Crippen molar-refractivity contribution in [2.45, 2.75) is 6.92 Å². The van der Waals surface area contributed by atoms with Crippen LogP contribution in [0.1, 0.15) is 11.1 Å². The predicted molar refractivity (Wildman–Crippen MR) is 84.0 cm³/mol. The van der Waals surface area contributed by atoms with E-state index in [2.05, 4.69) is 27.3 Å². The van der Waals surface area contributed by atoms with Crippen LogP contribution < -0.4 is 10.1 Å². The van der Waals surface area contributed by atoms with Crippen LogP contribution in [-0.4, -0.2) is 13.2 Å². The van der Waals surface area contributed by atoms with E-state index in [4.69, 9.17) is 10.00 Å². The third kappa shape index (κ3) is 3.75.